The van der Waals surface area contributed by atoms with Crippen molar-refractivity contribution in [3.63, 3.8) is 0 Å². The van der Waals surface area contributed by atoms with Gasteiger partial charge in [0.15, 0.2) is 5.91 Å². The number of aliphatic carboxylic acids is 1. The Morgan fingerprint density at radius 2 is 1.37 bits per heavy atom. The fraction of sp³-hybridized carbons (Fsp3) is 0.394. The molecule has 0 fully saturated rings. The molecule has 0 saturated carbocycles. The number of ether oxygens (including phenoxy) is 1. The minimum Gasteiger partial charge on any atom is -0.480 e. The normalized spacial score (nSPS) is 15.0. The van der Waals surface area contributed by atoms with Crippen LogP contribution in [0.2, 0.25) is 0 Å². The maximum absolute atomic E-state index is 15.8. The van der Waals surface area contributed by atoms with Crippen LogP contribution in [-0.4, -0.2) is 40.1 Å². The number of carbonyl (C=O) groups excluding carboxylic acids is 1. The van der Waals surface area contributed by atoms with Crippen LogP contribution in [0.5, 0.6) is 0 Å². The first-order chi connectivity index (χ1) is 19.1. The summed E-state index contributed by atoms with van der Waals surface area (Å²) in [4.78, 5) is 24.7. The molecule has 0 bridgehead atoms. The van der Waals surface area contributed by atoms with Crippen LogP contribution < -0.4 is 5.32 Å². The number of hydrogen-bond acceptors (Lipinski definition) is 4. The largest absolute Gasteiger partial charge is 0.480 e. The lowest BCUT2D eigenvalue weighted by Gasteiger charge is -2.43. The molecule has 0 saturated heterocycles. The van der Waals surface area contributed by atoms with E-state index in [2.05, 4.69) is 5.32 Å². The molecule has 1 amide bonds. The molecule has 0 radical (unpaired) electrons. The lowest BCUT2D eigenvalue weighted by atomic mass is 9.98. The summed E-state index contributed by atoms with van der Waals surface area (Å²) in [7, 11) is -3.37. The highest BCUT2D eigenvalue weighted by atomic mass is 31.2. The monoisotopic (exact) mass is 579 g/mol. The van der Waals surface area contributed by atoms with E-state index in [1.165, 1.54) is 0 Å². The molecule has 0 heterocycles. The lowest BCUT2D eigenvalue weighted by Crippen LogP contribution is -2.42. The van der Waals surface area contributed by atoms with E-state index in [-0.39, 0.29) is 18.9 Å². The van der Waals surface area contributed by atoms with Gasteiger partial charge in [0.25, 0.3) is 0 Å². The Bertz CT molecular complexity index is 1410. The average Bonchev–Trinajstić information content (AvgIpc) is 3.23. The molecule has 8 heteroatoms. The first kappa shape index (κ1) is 30.5. The smallest absolute Gasteiger partial charge is 0.407 e. The topological polar surface area (TPSA) is 92.7 Å². The summed E-state index contributed by atoms with van der Waals surface area (Å²) in [5, 5.41) is 10.8. The highest BCUT2D eigenvalue weighted by Crippen LogP contribution is 2.75. The molecular weight excluding hydrogens is 540 g/mol. The Morgan fingerprint density at radius 1 is 0.878 bits per heavy atom. The number of carboxylic acid groups (broad SMARTS) is 1. The summed E-state index contributed by atoms with van der Waals surface area (Å²) in [5.74, 6) is -3.02. The number of nitrogens with one attached hydrogen (secondary N) is 1. The number of benzene rings is 3. The first-order valence-corrected chi connectivity index (χ1v) is 15.6. The second-order valence-electron chi connectivity index (χ2n) is 12.6. The summed E-state index contributed by atoms with van der Waals surface area (Å²) in [5.41, 5.74) is 5.20. The van der Waals surface area contributed by atoms with Crippen molar-refractivity contribution in [3.05, 3.63) is 95.1 Å². The van der Waals surface area contributed by atoms with Gasteiger partial charge in [-0.05, 0) is 33.4 Å². The highest BCUT2D eigenvalue weighted by Gasteiger charge is 2.52. The Labute approximate surface area is 241 Å². The van der Waals surface area contributed by atoms with E-state index >= 15 is 4.39 Å². The van der Waals surface area contributed by atoms with E-state index in [1.807, 2.05) is 48.5 Å². The minimum atomic E-state index is -3.37. The molecule has 218 valence electrons. The highest BCUT2D eigenvalue weighted by molar-refractivity contribution is 7.67. The van der Waals surface area contributed by atoms with Gasteiger partial charge in [-0.25, -0.2) is 14.0 Å². The van der Waals surface area contributed by atoms with Gasteiger partial charge in [0, 0.05) is 22.7 Å². The maximum atomic E-state index is 15.8. The van der Waals surface area contributed by atoms with Crippen molar-refractivity contribution in [1.82, 2.24) is 5.32 Å². The van der Waals surface area contributed by atoms with Gasteiger partial charge in [0.1, 0.15) is 19.8 Å². The Kier molecular flexibility index (Phi) is 8.52. The molecule has 1 aliphatic carbocycles. The van der Waals surface area contributed by atoms with Crippen molar-refractivity contribution in [2.24, 2.45) is 0 Å². The van der Waals surface area contributed by atoms with Gasteiger partial charge >= 0.3 is 12.1 Å². The van der Waals surface area contributed by atoms with Crippen LogP contribution in [0.4, 0.5) is 9.18 Å². The van der Waals surface area contributed by atoms with Gasteiger partial charge in [0.05, 0.1) is 0 Å². The Morgan fingerprint density at radius 3 is 1.83 bits per heavy atom. The number of halogens is 1. The number of carbonyl (C=O) groups is 2. The third kappa shape index (κ3) is 5.97. The van der Waals surface area contributed by atoms with Crippen molar-refractivity contribution < 1.29 is 28.4 Å². The van der Waals surface area contributed by atoms with Crippen LogP contribution in [0.1, 0.15) is 75.6 Å². The molecule has 0 aliphatic heterocycles. The summed E-state index contributed by atoms with van der Waals surface area (Å²) in [6.45, 7) is 10.9. The van der Waals surface area contributed by atoms with Crippen LogP contribution in [0, 0.1) is 0 Å². The predicted octanol–water partition coefficient (Wildman–Crippen LogP) is 8.15. The zero-order valence-corrected chi connectivity index (χ0v) is 25.4. The lowest BCUT2D eigenvalue weighted by molar-refractivity contribution is -0.139. The Balaban J connectivity index is 1.42. The van der Waals surface area contributed by atoms with Gasteiger partial charge in [-0.15, -0.1) is 0 Å². The summed E-state index contributed by atoms with van der Waals surface area (Å²) < 4.78 is 35.4. The molecule has 1 aliphatic rings. The molecule has 0 spiro atoms. The molecule has 2 N–H and O–H groups in total. The standard InChI is InChI=1S/C33H39FNO5P/c1-32(2,3)41(39,33(4,5)6)29(34)22-17-15-21(16-18-22)19-28(30(36)37)35-31(38)40-20-27-25-13-9-7-11-23(25)24-12-8-10-14-26(24)27/h7-18,27-29H,19-20H2,1-6H3,(H,35,38)(H,36,37). The van der Waals surface area contributed by atoms with Crippen molar-refractivity contribution in [2.75, 3.05) is 6.61 Å². The summed E-state index contributed by atoms with van der Waals surface area (Å²) in [6.07, 6.45) is -0.844. The number of fused-ring (bicyclic) bond motifs is 3. The van der Waals surface area contributed by atoms with E-state index in [0.717, 1.165) is 22.3 Å². The third-order valence-corrected chi connectivity index (χ3v) is 12.9. The number of rotatable bonds is 8. The number of amides is 1. The van der Waals surface area contributed by atoms with E-state index in [0.29, 0.717) is 11.1 Å². The number of hydrogen-bond donors (Lipinski definition) is 2. The van der Waals surface area contributed by atoms with Crippen LogP contribution in [-0.2, 0) is 20.5 Å². The van der Waals surface area contributed by atoms with E-state index in [4.69, 9.17) is 4.74 Å². The van der Waals surface area contributed by atoms with Crippen LogP contribution >= 0.6 is 7.14 Å². The Hall–Kier alpha value is -3.44. The molecule has 2 atom stereocenters. The number of carboxylic acids is 1. The second kappa shape index (κ2) is 11.4. The molecule has 2 unspecified atom stereocenters. The van der Waals surface area contributed by atoms with Gasteiger partial charge in [0.2, 0.25) is 0 Å². The van der Waals surface area contributed by atoms with Gasteiger partial charge < -0.3 is 19.7 Å². The third-order valence-electron chi connectivity index (χ3n) is 7.94. The van der Waals surface area contributed by atoms with E-state index in [9.17, 15) is 19.3 Å². The molecular formula is C33H39FNO5P. The average molecular weight is 580 g/mol. The van der Waals surface area contributed by atoms with Gasteiger partial charge in [-0.2, -0.15) is 0 Å². The van der Waals surface area contributed by atoms with Gasteiger partial charge in [-0.3, -0.25) is 0 Å². The predicted molar refractivity (Wildman–Crippen MR) is 161 cm³/mol. The number of alkyl carbamates (subject to hydrolysis) is 1. The summed E-state index contributed by atoms with van der Waals surface area (Å²) in [6, 6.07) is 21.0. The van der Waals surface area contributed by atoms with Crippen molar-refractivity contribution in [1.29, 1.82) is 0 Å². The minimum absolute atomic E-state index is 0.0209. The molecule has 3 aromatic carbocycles. The SMILES string of the molecule is CC(C)(C)P(=O)(C(F)c1ccc(CC(NC(=O)OCC2c3ccccc3-c3ccccc32)C(=O)O)cc1)C(C)(C)C. The van der Waals surface area contributed by atoms with Crippen LogP contribution in [0.25, 0.3) is 11.1 Å². The van der Waals surface area contributed by atoms with Crippen LogP contribution in [0.15, 0.2) is 72.8 Å². The van der Waals surface area contributed by atoms with Crippen LogP contribution in [0.3, 0.4) is 0 Å². The van der Waals surface area contributed by atoms with Gasteiger partial charge in [-0.1, -0.05) is 114 Å². The first-order valence-electron chi connectivity index (χ1n) is 13.8. The van der Waals surface area contributed by atoms with E-state index in [1.54, 1.807) is 65.8 Å². The number of alkyl halides is 1. The second-order valence-corrected chi connectivity index (χ2v) is 17.1. The van der Waals surface area contributed by atoms with Crippen molar-refractivity contribution >= 4 is 19.2 Å². The van der Waals surface area contributed by atoms with Crippen molar-refractivity contribution in [3.8, 4) is 11.1 Å². The van der Waals surface area contributed by atoms with E-state index < -0.39 is 41.5 Å². The quantitative estimate of drug-likeness (QED) is 0.263. The van der Waals surface area contributed by atoms with Crippen molar-refractivity contribution in [2.45, 2.75) is 76.1 Å². The molecule has 4 rings (SSSR count). The molecule has 3 aromatic rings. The molecule has 6 nitrogen and oxygen atoms in total. The fourth-order valence-corrected chi connectivity index (χ4v) is 9.89. The zero-order chi connectivity index (χ0) is 30.2. The fourth-order valence-electron chi connectivity index (χ4n) is 5.93. The summed E-state index contributed by atoms with van der Waals surface area (Å²) >= 11 is 0. The maximum Gasteiger partial charge on any atom is 0.407 e. The molecule has 41 heavy (non-hydrogen) atoms. The zero-order valence-electron chi connectivity index (χ0n) is 24.5. The molecule has 0 aromatic heterocycles.